The van der Waals surface area contributed by atoms with E-state index in [9.17, 15) is 10.2 Å². The van der Waals surface area contributed by atoms with Crippen molar-refractivity contribution in [3.63, 3.8) is 0 Å². The van der Waals surface area contributed by atoms with Gasteiger partial charge in [-0.2, -0.15) is 0 Å². The van der Waals surface area contributed by atoms with Gasteiger partial charge in [0.15, 0.2) is 19.5 Å². The summed E-state index contributed by atoms with van der Waals surface area (Å²) in [6.45, 7) is 6.99. The van der Waals surface area contributed by atoms with Gasteiger partial charge in [0.05, 0.1) is 10.4 Å². The predicted octanol–water partition coefficient (Wildman–Crippen LogP) is -1.37. The Morgan fingerprint density at radius 2 is 1.18 bits per heavy atom. The van der Waals surface area contributed by atoms with Crippen molar-refractivity contribution < 1.29 is 14.3 Å². The Bertz CT molecular complexity index is 100.0. The van der Waals surface area contributed by atoms with Gasteiger partial charge in [-0.1, -0.05) is 0 Å². The smallest absolute Gasteiger partial charge is 0.178 e. The summed E-state index contributed by atoms with van der Waals surface area (Å²) >= 11 is 0. The molecule has 11 heavy (non-hydrogen) atoms. The summed E-state index contributed by atoms with van der Waals surface area (Å²) in [6.07, 6.45) is 0. The number of hydrogen-bond acceptors (Lipinski definition) is 3. The maximum atomic E-state index is 9.29. The van der Waals surface area contributed by atoms with Crippen LogP contribution < -0.4 is 0 Å². The molecule has 0 radical (unpaired) electrons. The third-order valence-corrected chi connectivity index (χ3v) is 3.96. The van der Waals surface area contributed by atoms with Crippen molar-refractivity contribution in [3.05, 3.63) is 0 Å². The van der Waals surface area contributed by atoms with Gasteiger partial charge in [0.25, 0.3) is 0 Å². The minimum Gasteiger partial charge on any atom is -0.461 e. The summed E-state index contributed by atoms with van der Waals surface area (Å²) in [5, 5.41) is 17.3. The van der Waals surface area contributed by atoms with Gasteiger partial charge in [0, 0.05) is 0 Å². The molecular weight excluding hydrogens is 176 g/mol. The van der Waals surface area contributed by atoms with Gasteiger partial charge in [-0.15, -0.1) is 0 Å². The topological polar surface area (TPSA) is 49.7 Å². The molecule has 0 saturated heterocycles. The number of rotatable bonds is 4. The molecular formula is C6H18O3Si2. The van der Waals surface area contributed by atoms with Crippen LogP contribution in [0.25, 0.3) is 0 Å². The summed E-state index contributed by atoms with van der Waals surface area (Å²) in [4.78, 5) is 0. The Labute approximate surface area is 72.7 Å². The quantitative estimate of drug-likeness (QED) is 0.543. The molecule has 5 heteroatoms. The van der Waals surface area contributed by atoms with E-state index in [0.29, 0.717) is 0 Å². The fourth-order valence-electron chi connectivity index (χ4n) is 0.551. The molecule has 0 aromatic carbocycles. The molecule has 0 heterocycles. The van der Waals surface area contributed by atoms with Crippen LogP contribution in [0.1, 0.15) is 27.7 Å². The normalized spacial score (nSPS) is 15.8. The van der Waals surface area contributed by atoms with Crippen LogP contribution in [0.2, 0.25) is 0 Å². The third-order valence-electron chi connectivity index (χ3n) is 0.911. The van der Waals surface area contributed by atoms with Crippen molar-refractivity contribution in [2.75, 3.05) is 0 Å². The summed E-state index contributed by atoms with van der Waals surface area (Å²) in [5.74, 6) is 0. The molecule has 0 spiro atoms. The van der Waals surface area contributed by atoms with Crippen molar-refractivity contribution in [1.82, 2.24) is 0 Å². The first-order valence-electron chi connectivity index (χ1n) is 3.73. The molecule has 0 amide bonds. The largest absolute Gasteiger partial charge is 0.461 e. The Morgan fingerprint density at radius 1 is 0.909 bits per heavy atom. The van der Waals surface area contributed by atoms with Crippen molar-refractivity contribution in [2.24, 2.45) is 0 Å². The fourth-order valence-corrected chi connectivity index (χ4v) is 4.96. The molecule has 0 aromatic rings. The molecule has 0 aromatic heterocycles. The molecule has 0 unspecified atom stereocenters. The van der Waals surface area contributed by atoms with E-state index in [1.165, 1.54) is 0 Å². The van der Waals surface area contributed by atoms with E-state index in [1.54, 1.807) is 27.7 Å². The van der Waals surface area contributed by atoms with Crippen LogP contribution in [-0.4, -0.2) is 40.2 Å². The lowest BCUT2D eigenvalue weighted by Gasteiger charge is -2.21. The zero-order valence-electron chi connectivity index (χ0n) is 7.72. The van der Waals surface area contributed by atoms with Crippen LogP contribution in [0.15, 0.2) is 0 Å². The van der Waals surface area contributed by atoms with Crippen molar-refractivity contribution in [2.45, 2.75) is 38.1 Å². The van der Waals surface area contributed by atoms with E-state index in [2.05, 4.69) is 0 Å². The summed E-state index contributed by atoms with van der Waals surface area (Å²) in [7, 11) is -1.75. The first kappa shape index (κ1) is 11.3. The molecule has 3 nitrogen and oxygen atoms in total. The van der Waals surface area contributed by atoms with E-state index < -0.39 is 30.0 Å². The van der Waals surface area contributed by atoms with Gasteiger partial charge in [0.2, 0.25) is 0 Å². The highest BCUT2D eigenvalue weighted by molar-refractivity contribution is 6.46. The second kappa shape index (κ2) is 3.82. The van der Waals surface area contributed by atoms with Gasteiger partial charge in [-0.3, -0.25) is 0 Å². The highest BCUT2D eigenvalue weighted by atomic mass is 28.3. The van der Waals surface area contributed by atoms with Crippen LogP contribution >= 0.6 is 0 Å². The Hall–Kier alpha value is 0.314. The fraction of sp³-hybridized carbons (Fsp3) is 1.00. The zero-order chi connectivity index (χ0) is 9.12. The summed E-state index contributed by atoms with van der Waals surface area (Å²) in [6, 6.07) is 0. The van der Waals surface area contributed by atoms with Crippen LogP contribution in [0, 0.1) is 0 Å². The monoisotopic (exact) mass is 194 g/mol. The lowest BCUT2D eigenvalue weighted by molar-refractivity contribution is 0.140. The maximum absolute atomic E-state index is 9.29. The SMILES string of the molecule is CC(C)(O)[SiH2]O[SiH2]C(C)(C)O. The van der Waals surface area contributed by atoms with Crippen molar-refractivity contribution >= 4 is 19.5 Å². The summed E-state index contributed by atoms with van der Waals surface area (Å²) in [5.41, 5.74) is 0. The van der Waals surface area contributed by atoms with Gasteiger partial charge in [0.1, 0.15) is 0 Å². The number of hydrogen-bond donors (Lipinski definition) is 2. The Kier molecular flexibility index (Phi) is 3.92. The highest BCUT2D eigenvalue weighted by Crippen LogP contribution is 2.01. The molecule has 0 atom stereocenters. The minimum absolute atomic E-state index is 0.641. The van der Waals surface area contributed by atoms with Crippen LogP contribution in [-0.2, 0) is 4.12 Å². The van der Waals surface area contributed by atoms with Gasteiger partial charge < -0.3 is 14.3 Å². The lowest BCUT2D eigenvalue weighted by atomic mass is 10.5. The first-order valence-corrected chi connectivity index (χ1v) is 6.30. The van der Waals surface area contributed by atoms with Crippen molar-refractivity contribution in [3.8, 4) is 0 Å². The standard InChI is InChI=1S/C6H18O3Si2/c1-5(2,7)10-9-11-6(3,4)8/h7-8H,10-11H2,1-4H3. The average molecular weight is 194 g/mol. The molecule has 0 aliphatic rings. The molecule has 0 rings (SSSR count). The minimum atomic E-state index is -0.873. The Balaban J connectivity index is 3.44. The van der Waals surface area contributed by atoms with E-state index in [0.717, 1.165) is 0 Å². The van der Waals surface area contributed by atoms with Crippen LogP contribution in [0.4, 0.5) is 0 Å². The van der Waals surface area contributed by atoms with E-state index in [-0.39, 0.29) is 0 Å². The summed E-state index contributed by atoms with van der Waals surface area (Å²) < 4.78 is 5.34. The number of aliphatic hydroxyl groups is 2. The maximum Gasteiger partial charge on any atom is 0.178 e. The van der Waals surface area contributed by atoms with Gasteiger partial charge in [-0.05, 0) is 27.7 Å². The molecule has 0 aliphatic carbocycles. The lowest BCUT2D eigenvalue weighted by Crippen LogP contribution is -2.37. The van der Waals surface area contributed by atoms with Gasteiger partial charge >= 0.3 is 0 Å². The molecule has 2 N–H and O–H groups in total. The van der Waals surface area contributed by atoms with E-state index in [4.69, 9.17) is 4.12 Å². The molecule has 68 valence electrons. The Morgan fingerprint density at radius 3 is 1.36 bits per heavy atom. The molecule has 0 aliphatic heterocycles. The first-order chi connectivity index (χ1) is 4.71. The molecule has 0 saturated carbocycles. The second-order valence-electron chi connectivity index (χ2n) is 4.12. The van der Waals surface area contributed by atoms with E-state index in [1.807, 2.05) is 0 Å². The molecule has 0 bridgehead atoms. The van der Waals surface area contributed by atoms with Gasteiger partial charge in [-0.25, -0.2) is 0 Å². The highest BCUT2D eigenvalue weighted by Gasteiger charge is 2.18. The average Bonchev–Trinajstić information content (AvgIpc) is 1.55. The molecule has 0 fully saturated rings. The van der Waals surface area contributed by atoms with E-state index >= 15 is 0 Å². The van der Waals surface area contributed by atoms with Crippen molar-refractivity contribution in [1.29, 1.82) is 0 Å². The van der Waals surface area contributed by atoms with Crippen LogP contribution in [0.5, 0.6) is 0 Å². The third kappa shape index (κ3) is 10.3. The predicted molar refractivity (Wildman–Crippen MR) is 50.8 cm³/mol. The zero-order valence-corrected chi connectivity index (χ0v) is 10.5. The van der Waals surface area contributed by atoms with Crippen LogP contribution in [0.3, 0.4) is 0 Å². The second-order valence-corrected chi connectivity index (χ2v) is 9.79.